The van der Waals surface area contributed by atoms with Crippen LogP contribution < -0.4 is 4.74 Å². The fourth-order valence-corrected chi connectivity index (χ4v) is 2.14. The van der Waals surface area contributed by atoms with Gasteiger partial charge >= 0.3 is 5.97 Å². The molecule has 0 aliphatic carbocycles. The van der Waals surface area contributed by atoms with Gasteiger partial charge in [-0.15, -0.1) is 0 Å². The van der Waals surface area contributed by atoms with Crippen molar-refractivity contribution in [2.45, 2.75) is 26.2 Å². The van der Waals surface area contributed by atoms with Gasteiger partial charge in [-0.25, -0.2) is 0 Å². The van der Waals surface area contributed by atoms with Crippen LogP contribution in [0.15, 0.2) is 34.7 Å². The van der Waals surface area contributed by atoms with E-state index in [0.29, 0.717) is 11.5 Å². The Kier molecular flexibility index (Phi) is 4.13. The van der Waals surface area contributed by atoms with Crippen LogP contribution in [0.5, 0.6) is 5.75 Å². The molecule has 0 fully saturated rings. The third-order valence-electron chi connectivity index (χ3n) is 3.21. The fourth-order valence-electron chi connectivity index (χ4n) is 2.14. The molecule has 1 aromatic heterocycles. The van der Waals surface area contributed by atoms with Crippen molar-refractivity contribution in [3.63, 3.8) is 0 Å². The second-order valence-electron chi connectivity index (χ2n) is 4.90. The number of rotatable bonds is 5. The zero-order valence-electron chi connectivity index (χ0n) is 11.8. The number of carboxylic acid groups (broad SMARTS) is 1. The summed E-state index contributed by atoms with van der Waals surface area (Å²) in [6.45, 7) is 3.84. The van der Waals surface area contributed by atoms with E-state index in [1.807, 2.05) is 44.2 Å². The van der Waals surface area contributed by atoms with Gasteiger partial charge < -0.3 is 14.3 Å². The van der Waals surface area contributed by atoms with E-state index in [-0.39, 0.29) is 12.3 Å². The van der Waals surface area contributed by atoms with Crippen LogP contribution in [0.4, 0.5) is 0 Å². The van der Waals surface area contributed by atoms with Gasteiger partial charge in [-0.05, 0) is 31.2 Å². The number of methoxy groups -OCH3 is 1. The molecule has 0 saturated heterocycles. The maximum absolute atomic E-state index is 10.7. The van der Waals surface area contributed by atoms with E-state index in [9.17, 15) is 4.79 Å². The number of furan rings is 1. The minimum Gasteiger partial charge on any atom is -0.496 e. The molecule has 0 saturated carbocycles. The summed E-state index contributed by atoms with van der Waals surface area (Å²) < 4.78 is 11.1. The number of benzene rings is 1. The largest absolute Gasteiger partial charge is 0.496 e. The van der Waals surface area contributed by atoms with E-state index in [0.717, 1.165) is 16.9 Å². The molecule has 2 rings (SSSR count). The molecule has 2 aromatic rings. The Morgan fingerprint density at radius 1 is 1.35 bits per heavy atom. The lowest BCUT2D eigenvalue weighted by atomic mass is 10.1. The third-order valence-corrected chi connectivity index (χ3v) is 3.21. The summed E-state index contributed by atoms with van der Waals surface area (Å²) in [5.74, 6) is 1.12. The molecule has 0 amide bonds. The van der Waals surface area contributed by atoms with Crippen LogP contribution in [0.25, 0.3) is 11.3 Å². The lowest BCUT2D eigenvalue weighted by molar-refractivity contribution is -0.137. The van der Waals surface area contributed by atoms with Gasteiger partial charge in [-0.3, -0.25) is 4.79 Å². The van der Waals surface area contributed by atoms with Crippen molar-refractivity contribution < 1.29 is 19.1 Å². The Hall–Kier alpha value is -2.23. The number of carbonyl (C=O) groups is 1. The van der Waals surface area contributed by atoms with Gasteiger partial charge in [0.25, 0.3) is 0 Å². The van der Waals surface area contributed by atoms with Crippen LogP contribution in [0.3, 0.4) is 0 Å². The molecule has 1 unspecified atom stereocenters. The normalized spacial score (nSPS) is 12.2. The molecule has 4 nitrogen and oxygen atoms in total. The molecule has 1 aromatic carbocycles. The highest BCUT2D eigenvalue weighted by molar-refractivity contribution is 5.69. The maximum Gasteiger partial charge on any atom is 0.304 e. The third kappa shape index (κ3) is 3.02. The zero-order chi connectivity index (χ0) is 14.7. The van der Waals surface area contributed by atoms with Crippen molar-refractivity contribution in [1.82, 2.24) is 0 Å². The van der Waals surface area contributed by atoms with E-state index >= 15 is 0 Å². The van der Waals surface area contributed by atoms with Crippen LogP contribution >= 0.6 is 0 Å². The Bertz CT molecular complexity index is 613. The van der Waals surface area contributed by atoms with Crippen LogP contribution in [0.1, 0.15) is 30.6 Å². The molecule has 1 N–H and O–H groups in total. The van der Waals surface area contributed by atoms with E-state index in [4.69, 9.17) is 14.3 Å². The molecule has 0 aliphatic heterocycles. The molecule has 0 aliphatic rings. The first-order chi connectivity index (χ1) is 9.51. The topological polar surface area (TPSA) is 59.7 Å². The summed E-state index contributed by atoms with van der Waals surface area (Å²) in [5, 5.41) is 8.83. The monoisotopic (exact) mass is 274 g/mol. The number of carboxylic acids is 1. The Labute approximate surface area is 118 Å². The van der Waals surface area contributed by atoms with Crippen LogP contribution in [-0.4, -0.2) is 18.2 Å². The second-order valence-corrected chi connectivity index (χ2v) is 4.90. The van der Waals surface area contributed by atoms with Crippen molar-refractivity contribution in [2.24, 2.45) is 0 Å². The molecule has 4 heteroatoms. The molecule has 0 radical (unpaired) electrons. The number of ether oxygens (including phenoxy) is 1. The van der Waals surface area contributed by atoms with Crippen molar-refractivity contribution >= 4 is 5.97 Å². The lowest BCUT2D eigenvalue weighted by Crippen LogP contribution is -2.01. The number of aliphatic carboxylic acids is 1. The van der Waals surface area contributed by atoms with E-state index < -0.39 is 5.97 Å². The first-order valence-corrected chi connectivity index (χ1v) is 6.47. The standard InChI is InChI=1S/C16H18O4/c1-10-4-5-14(19-3)12(8-10)15-7-6-13(20-15)11(2)9-16(17)18/h4-8,11H,9H2,1-3H3,(H,17,18). The van der Waals surface area contributed by atoms with E-state index in [2.05, 4.69) is 0 Å². The molecular formula is C16H18O4. The van der Waals surface area contributed by atoms with Gasteiger partial charge in [-0.2, -0.15) is 0 Å². The van der Waals surface area contributed by atoms with Gasteiger partial charge in [-0.1, -0.05) is 18.6 Å². The second kappa shape index (κ2) is 5.82. The van der Waals surface area contributed by atoms with Gasteiger partial charge in [0.05, 0.1) is 19.1 Å². The van der Waals surface area contributed by atoms with E-state index in [1.165, 1.54) is 0 Å². The molecule has 1 atom stereocenters. The number of hydrogen-bond donors (Lipinski definition) is 1. The van der Waals surface area contributed by atoms with Crippen molar-refractivity contribution in [3.8, 4) is 17.1 Å². The minimum atomic E-state index is -0.830. The van der Waals surface area contributed by atoms with E-state index in [1.54, 1.807) is 7.11 Å². The smallest absolute Gasteiger partial charge is 0.304 e. The average molecular weight is 274 g/mol. The first kappa shape index (κ1) is 14.2. The highest BCUT2D eigenvalue weighted by Gasteiger charge is 2.16. The lowest BCUT2D eigenvalue weighted by Gasteiger charge is -2.08. The SMILES string of the molecule is COc1ccc(C)cc1-c1ccc(C(C)CC(=O)O)o1. The number of hydrogen-bond acceptors (Lipinski definition) is 3. The predicted octanol–water partition coefficient (Wildman–Crippen LogP) is 3.84. The van der Waals surface area contributed by atoms with Gasteiger partial charge in [0.1, 0.15) is 17.3 Å². The average Bonchev–Trinajstić information content (AvgIpc) is 2.87. The Balaban J connectivity index is 2.33. The highest BCUT2D eigenvalue weighted by atomic mass is 16.5. The van der Waals surface area contributed by atoms with Crippen molar-refractivity contribution in [2.75, 3.05) is 7.11 Å². The van der Waals surface area contributed by atoms with Crippen LogP contribution in [0, 0.1) is 6.92 Å². The van der Waals surface area contributed by atoms with Crippen LogP contribution in [-0.2, 0) is 4.79 Å². The zero-order valence-corrected chi connectivity index (χ0v) is 11.8. The van der Waals surface area contributed by atoms with Gasteiger partial charge in [0, 0.05) is 5.92 Å². The van der Waals surface area contributed by atoms with Crippen molar-refractivity contribution in [3.05, 3.63) is 41.7 Å². The molecule has 0 bridgehead atoms. The predicted molar refractivity (Wildman–Crippen MR) is 76.1 cm³/mol. The van der Waals surface area contributed by atoms with Gasteiger partial charge in [0.2, 0.25) is 0 Å². The quantitative estimate of drug-likeness (QED) is 0.899. The summed E-state index contributed by atoms with van der Waals surface area (Å²) in [5.41, 5.74) is 1.98. The molecule has 106 valence electrons. The summed E-state index contributed by atoms with van der Waals surface area (Å²) in [4.78, 5) is 10.7. The minimum absolute atomic E-state index is 0.0535. The van der Waals surface area contributed by atoms with Crippen molar-refractivity contribution in [1.29, 1.82) is 0 Å². The highest BCUT2D eigenvalue weighted by Crippen LogP contribution is 2.34. The van der Waals surface area contributed by atoms with Gasteiger partial charge in [0.15, 0.2) is 0 Å². The molecule has 1 heterocycles. The molecule has 0 spiro atoms. The summed E-state index contributed by atoms with van der Waals surface area (Å²) >= 11 is 0. The first-order valence-electron chi connectivity index (χ1n) is 6.47. The molecular weight excluding hydrogens is 256 g/mol. The van der Waals surface area contributed by atoms with Crippen LogP contribution in [0.2, 0.25) is 0 Å². The Morgan fingerprint density at radius 2 is 2.10 bits per heavy atom. The Morgan fingerprint density at radius 3 is 2.75 bits per heavy atom. The summed E-state index contributed by atoms with van der Waals surface area (Å²) in [7, 11) is 1.62. The fraction of sp³-hybridized carbons (Fsp3) is 0.312. The summed E-state index contributed by atoms with van der Waals surface area (Å²) in [6, 6.07) is 9.53. The number of aryl methyl sites for hydroxylation is 1. The molecule has 20 heavy (non-hydrogen) atoms. The maximum atomic E-state index is 10.7. The summed E-state index contributed by atoms with van der Waals surface area (Å²) in [6.07, 6.45) is 0.0535.